The Hall–Kier alpha value is 0.398. The Morgan fingerprint density at radius 2 is 1.19 bits per heavy atom. The minimum Gasteiger partial charge on any atom is -1.00 e. The molecule has 0 bridgehead atoms. The van der Waals surface area contributed by atoms with E-state index in [-0.39, 0.29) is 23.0 Å². The molecule has 0 aliphatic heterocycles. The second-order valence-electron chi connectivity index (χ2n) is 11.7. The number of rotatable bonds is 14. The average Bonchev–Trinajstić information content (AvgIpc) is 2.40. The molecule has 0 radical (unpaired) electrons. The minimum absolute atomic E-state index is 0. The number of carbonyl (C=O) groups excluding carboxylic acids is 1. The predicted molar refractivity (Wildman–Crippen MR) is 136 cm³/mol. The standard InChI is InChI=1S/C20H48NO5Si4.BrH/c1-19(2)20(22)23-17-16-21(3,4)15-14-18-30(24-27(5,6)7,25-28(8,9)10)26-29(11,12)13;/h1,14-18H2,2-13H3;1H/q+1;/p-1. The van der Waals surface area contributed by atoms with Crippen LogP contribution in [0.25, 0.3) is 0 Å². The van der Waals surface area contributed by atoms with Crippen molar-refractivity contribution in [3.8, 4) is 0 Å². The van der Waals surface area contributed by atoms with Crippen LogP contribution in [0.2, 0.25) is 65.0 Å². The summed E-state index contributed by atoms with van der Waals surface area (Å²) < 4.78 is 26.3. The molecule has 0 amide bonds. The topological polar surface area (TPSA) is 54.0 Å². The fourth-order valence-electron chi connectivity index (χ4n) is 2.96. The van der Waals surface area contributed by atoms with Crippen LogP contribution in [-0.4, -0.2) is 78.0 Å². The van der Waals surface area contributed by atoms with Gasteiger partial charge in [0.15, 0.2) is 25.0 Å². The molecule has 0 rings (SSSR count). The minimum atomic E-state index is -2.79. The van der Waals surface area contributed by atoms with Crippen molar-refractivity contribution in [3.05, 3.63) is 12.2 Å². The van der Waals surface area contributed by atoms with E-state index in [2.05, 4.69) is 79.6 Å². The summed E-state index contributed by atoms with van der Waals surface area (Å²) >= 11 is 0. The first-order chi connectivity index (χ1) is 13.2. The summed E-state index contributed by atoms with van der Waals surface area (Å²) in [5.74, 6) is -0.322. The van der Waals surface area contributed by atoms with Gasteiger partial charge in [-0.05, 0) is 65.8 Å². The molecule has 0 aliphatic carbocycles. The SMILES string of the molecule is C=C(C)C(=O)OCC[N+](C)(C)CCC[Si](O[Si](C)(C)C)(O[Si](C)(C)C)O[Si](C)(C)C.[Br-]. The molecule has 0 saturated heterocycles. The summed E-state index contributed by atoms with van der Waals surface area (Å²) in [7, 11) is -4.00. The molecule has 0 N–H and O–H groups in total. The molecule has 0 aromatic carbocycles. The van der Waals surface area contributed by atoms with Gasteiger partial charge in [-0.25, -0.2) is 4.79 Å². The molecule has 11 heteroatoms. The Balaban J connectivity index is 0. The van der Waals surface area contributed by atoms with Crippen molar-refractivity contribution in [2.24, 2.45) is 0 Å². The van der Waals surface area contributed by atoms with Gasteiger partial charge in [0, 0.05) is 18.0 Å². The third-order valence-corrected chi connectivity index (χ3v) is 16.0. The number of likely N-dealkylation sites (N-methyl/N-ethyl adjacent to an activating group) is 1. The molecule has 0 heterocycles. The van der Waals surface area contributed by atoms with Crippen LogP contribution in [0.1, 0.15) is 13.3 Å². The monoisotopic (exact) mass is 573 g/mol. The highest BCUT2D eigenvalue weighted by Gasteiger charge is 2.49. The quantitative estimate of drug-likeness (QED) is 0.138. The molecule has 0 spiro atoms. The van der Waals surface area contributed by atoms with Crippen LogP contribution in [0.15, 0.2) is 12.2 Å². The molecular weight excluding hydrogens is 526 g/mol. The summed E-state index contributed by atoms with van der Waals surface area (Å²) in [5.41, 5.74) is 0.437. The second kappa shape index (κ2) is 12.7. The van der Waals surface area contributed by atoms with Crippen LogP contribution in [0.5, 0.6) is 0 Å². The molecule has 6 nitrogen and oxygen atoms in total. The summed E-state index contributed by atoms with van der Waals surface area (Å²) in [6.45, 7) is 27.3. The van der Waals surface area contributed by atoms with E-state index in [0.29, 0.717) is 12.2 Å². The highest BCUT2D eigenvalue weighted by Crippen LogP contribution is 2.30. The zero-order chi connectivity index (χ0) is 24.0. The Kier molecular flexibility index (Phi) is 13.8. The first kappa shape index (κ1) is 33.6. The summed E-state index contributed by atoms with van der Waals surface area (Å²) in [5, 5.41) is 0. The van der Waals surface area contributed by atoms with Crippen LogP contribution in [0, 0.1) is 0 Å². The van der Waals surface area contributed by atoms with Crippen LogP contribution in [0.3, 0.4) is 0 Å². The van der Waals surface area contributed by atoms with E-state index in [1.165, 1.54) is 0 Å². The van der Waals surface area contributed by atoms with Gasteiger partial charge in [-0.3, -0.25) is 0 Å². The van der Waals surface area contributed by atoms with Crippen molar-refractivity contribution in [3.63, 3.8) is 0 Å². The fraction of sp³-hybridized carbons (Fsp3) is 0.850. The van der Waals surface area contributed by atoms with E-state index in [9.17, 15) is 4.79 Å². The molecule has 0 aromatic rings. The maximum absolute atomic E-state index is 11.6. The maximum atomic E-state index is 11.6. The largest absolute Gasteiger partial charge is 1.00 e. The molecule has 186 valence electrons. The number of carbonyl (C=O) groups is 1. The molecule has 0 aliphatic rings. The fourth-order valence-corrected chi connectivity index (χ4v) is 17.6. The van der Waals surface area contributed by atoms with E-state index >= 15 is 0 Å². The van der Waals surface area contributed by atoms with Crippen molar-refractivity contribution < 1.29 is 43.3 Å². The van der Waals surface area contributed by atoms with Crippen molar-refractivity contribution in [1.29, 1.82) is 0 Å². The van der Waals surface area contributed by atoms with Gasteiger partial charge >= 0.3 is 14.8 Å². The number of halogens is 1. The lowest BCUT2D eigenvalue weighted by atomic mass is 10.3. The van der Waals surface area contributed by atoms with Gasteiger partial charge in [-0.15, -0.1) is 0 Å². The van der Waals surface area contributed by atoms with Gasteiger partial charge in [0.2, 0.25) is 0 Å². The molecule has 0 atom stereocenters. The first-order valence-corrected chi connectivity index (χ1v) is 23.1. The molecule has 0 aromatic heterocycles. The Labute approximate surface area is 206 Å². The van der Waals surface area contributed by atoms with E-state index in [1.54, 1.807) is 6.92 Å². The summed E-state index contributed by atoms with van der Waals surface area (Å²) in [6.07, 6.45) is 0.951. The van der Waals surface area contributed by atoms with Crippen molar-refractivity contribution in [2.75, 3.05) is 33.8 Å². The number of hydrogen-bond donors (Lipinski definition) is 0. The lowest BCUT2D eigenvalue weighted by molar-refractivity contribution is -0.890. The van der Waals surface area contributed by atoms with Gasteiger partial charge in [-0.2, -0.15) is 0 Å². The van der Waals surface area contributed by atoms with Crippen molar-refractivity contribution in [2.45, 2.75) is 78.3 Å². The Morgan fingerprint density at radius 1 is 0.806 bits per heavy atom. The van der Waals surface area contributed by atoms with E-state index in [0.717, 1.165) is 30.0 Å². The Bertz CT molecular complexity index is 543. The summed E-state index contributed by atoms with van der Waals surface area (Å²) in [6, 6.07) is 0.832. The van der Waals surface area contributed by atoms with Gasteiger partial charge < -0.3 is 38.5 Å². The van der Waals surface area contributed by atoms with E-state index < -0.39 is 33.8 Å². The number of ether oxygens (including phenoxy) is 1. The summed E-state index contributed by atoms with van der Waals surface area (Å²) in [4.78, 5) is 11.6. The first-order valence-electron chi connectivity index (χ1n) is 10.9. The van der Waals surface area contributed by atoms with Crippen LogP contribution in [0.4, 0.5) is 0 Å². The molecular formula is C20H48BrNO5Si4. The van der Waals surface area contributed by atoms with Gasteiger partial charge in [0.25, 0.3) is 0 Å². The highest BCUT2D eigenvalue weighted by atomic mass is 79.9. The third-order valence-electron chi connectivity index (χ3n) is 3.91. The number of esters is 1. The number of hydrogen-bond acceptors (Lipinski definition) is 5. The number of quaternary nitrogens is 1. The van der Waals surface area contributed by atoms with Crippen molar-refractivity contribution >= 4 is 39.7 Å². The highest BCUT2D eigenvalue weighted by molar-refractivity contribution is 6.90. The zero-order valence-electron chi connectivity index (χ0n) is 22.1. The zero-order valence-corrected chi connectivity index (χ0v) is 27.7. The van der Waals surface area contributed by atoms with Crippen LogP contribution < -0.4 is 17.0 Å². The normalized spacial score (nSPS) is 13.5. The van der Waals surface area contributed by atoms with E-state index in [1.807, 2.05) is 0 Å². The van der Waals surface area contributed by atoms with Gasteiger partial charge in [0.1, 0.15) is 13.2 Å². The average molecular weight is 575 g/mol. The third kappa shape index (κ3) is 17.5. The smallest absolute Gasteiger partial charge is 0.469 e. The van der Waals surface area contributed by atoms with E-state index in [4.69, 9.17) is 17.1 Å². The van der Waals surface area contributed by atoms with Gasteiger partial charge in [-0.1, -0.05) is 6.58 Å². The van der Waals surface area contributed by atoms with Crippen molar-refractivity contribution in [1.82, 2.24) is 0 Å². The van der Waals surface area contributed by atoms with Gasteiger partial charge in [0.05, 0.1) is 20.6 Å². The lowest BCUT2D eigenvalue weighted by Crippen LogP contribution is -3.00. The lowest BCUT2D eigenvalue weighted by Gasteiger charge is -2.43. The number of nitrogens with zero attached hydrogens (tertiary/aromatic N) is 1. The van der Waals surface area contributed by atoms with Crippen LogP contribution >= 0.6 is 0 Å². The predicted octanol–water partition coefficient (Wildman–Crippen LogP) is 2.07. The maximum Gasteiger partial charge on any atom is 0.469 e. The molecule has 0 unspecified atom stereocenters. The second-order valence-corrected chi connectivity index (χ2v) is 28.7. The molecule has 31 heavy (non-hydrogen) atoms. The molecule has 0 saturated carbocycles. The Morgan fingerprint density at radius 3 is 1.52 bits per heavy atom. The molecule has 0 fully saturated rings. The van der Waals surface area contributed by atoms with Crippen LogP contribution in [-0.2, 0) is 21.9 Å².